The van der Waals surface area contributed by atoms with Gasteiger partial charge in [-0.1, -0.05) is 29.8 Å². The first-order valence-corrected chi connectivity index (χ1v) is 8.46. The third-order valence-electron chi connectivity index (χ3n) is 4.26. The zero-order valence-electron chi connectivity index (χ0n) is 14.2. The number of halogens is 1. The topological polar surface area (TPSA) is 75.6 Å². The quantitative estimate of drug-likeness (QED) is 0.572. The van der Waals surface area contributed by atoms with Gasteiger partial charge in [0.1, 0.15) is 11.5 Å². The van der Waals surface area contributed by atoms with E-state index in [-0.39, 0.29) is 5.91 Å². The summed E-state index contributed by atoms with van der Waals surface area (Å²) in [6.45, 7) is 1.85. The van der Waals surface area contributed by atoms with Gasteiger partial charge in [-0.15, -0.1) is 0 Å². The van der Waals surface area contributed by atoms with Crippen LogP contribution in [0.3, 0.4) is 0 Å². The van der Waals surface area contributed by atoms with E-state index in [1.54, 1.807) is 4.57 Å². The second-order valence-corrected chi connectivity index (χ2v) is 6.39. The molecule has 7 heteroatoms. The molecule has 0 saturated carbocycles. The van der Waals surface area contributed by atoms with Crippen molar-refractivity contribution >= 4 is 34.1 Å². The summed E-state index contributed by atoms with van der Waals surface area (Å²) < 4.78 is 1.80. The number of hydrogen-bond acceptors (Lipinski definition) is 3. The number of para-hydroxylation sites is 1. The second kappa shape index (κ2) is 6.31. The van der Waals surface area contributed by atoms with Crippen molar-refractivity contribution in [1.82, 2.24) is 19.7 Å². The van der Waals surface area contributed by atoms with E-state index in [2.05, 4.69) is 20.5 Å². The summed E-state index contributed by atoms with van der Waals surface area (Å²) in [5.41, 5.74) is 2.89. The van der Waals surface area contributed by atoms with Crippen LogP contribution in [0.2, 0.25) is 5.02 Å². The highest BCUT2D eigenvalue weighted by atomic mass is 35.5. The molecule has 0 fully saturated rings. The maximum Gasteiger partial charge on any atom is 0.273 e. The number of aromatic nitrogens is 4. The fourth-order valence-electron chi connectivity index (χ4n) is 2.96. The predicted molar refractivity (Wildman–Crippen MR) is 102 cm³/mol. The average molecular weight is 366 g/mol. The number of nitrogens with one attached hydrogen (secondary N) is 2. The molecule has 0 aliphatic heterocycles. The van der Waals surface area contributed by atoms with Crippen LogP contribution in [-0.4, -0.2) is 25.7 Å². The van der Waals surface area contributed by atoms with E-state index in [0.29, 0.717) is 22.2 Å². The van der Waals surface area contributed by atoms with Gasteiger partial charge in [0.15, 0.2) is 5.82 Å². The molecule has 4 aromatic rings. The van der Waals surface area contributed by atoms with Gasteiger partial charge in [0.05, 0.1) is 5.02 Å². The minimum Gasteiger partial charge on any atom is -0.338 e. The van der Waals surface area contributed by atoms with Crippen molar-refractivity contribution in [2.45, 2.75) is 6.92 Å². The van der Waals surface area contributed by atoms with E-state index >= 15 is 0 Å². The predicted octanol–water partition coefficient (Wildman–Crippen LogP) is 4.18. The van der Waals surface area contributed by atoms with Crippen molar-refractivity contribution in [2.75, 3.05) is 5.32 Å². The molecule has 4 rings (SSSR count). The molecule has 0 aliphatic rings. The number of amides is 1. The fourth-order valence-corrected chi connectivity index (χ4v) is 3.34. The first kappa shape index (κ1) is 16.4. The molecule has 0 spiro atoms. The van der Waals surface area contributed by atoms with Crippen LogP contribution in [0, 0.1) is 6.92 Å². The van der Waals surface area contributed by atoms with Crippen molar-refractivity contribution in [3.63, 3.8) is 0 Å². The van der Waals surface area contributed by atoms with Crippen LogP contribution in [0.15, 0.2) is 48.5 Å². The molecule has 2 heterocycles. The summed E-state index contributed by atoms with van der Waals surface area (Å²) in [5, 5.41) is 11.1. The lowest BCUT2D eigenvalue weighted by Gasteiger charge is -2.07. The van der Waals surface area contributed by atoms with E-state index in [1.807, 2.05) is 62.5 Å². The lowest BCUT2D eigenvalue weighted by molar-refractivity contribution is 0.102. The Kier molecular flexibility index (Phi) is 3.97. The molecule has 2 aromatic heterocycles. The van der Waals surface area contributed by atoms with Crippen molar-refractivity contribution in [3.05, 3.63) is 65.1 Å². The molecule has 0 unspecified atom stereocenters. The number of carbonyl (C=O) groups excluding carboxylic acids is 1. The molecule has 2 aromatic carbocycles. The maximum absolute atomic E-state index is 12.7. The summed E-state index contributed by atoms with van der Waals surface area (Å²) in [5.74, 6) is 1.12. The van der Waals surface area contributed by atoms with E-state index in [1.165, 1.54) is 0 Å². The number of fused-ring (bicyclic) bond motifs is 1. The van der Waals surface area contributed by atoms with E-state index in [9.17, 15) is 4.79 Å². The highest BCUT2D eigenvalue weighted by molar-refractivity contribution is 6.39. The zero-order chi connectivity index (χ0) is 18.3. The normalized spacial score (nSPS) is 11.0. The van der Waals surface area contributed by atoms with Gasteiger partial charge in [-0.3, -0.25) is 9.89 Å². The van der Waals surface area contributed by atoms with Crippen LogP contribution < -0.4 is 5.32 Å². The second-order valence-electron chi connectivity index (χ2n) is 6.01. The van der Waals surface area contributed by atoms with Gasteiger partial charge in [-0.25, -0.2) is 4.98 Å². The van der Waals surface area contributed by atoms with Crippen LogP contribution in [0.25, 0.3) is 22.3 Å². The molecule has 26 heavy (non-hydrogen) atoms. The Balaban J connectivity index is 1.61. The van der Waals surface area contributed by atoms with Crippen LogP contribution in [0.4, 0.5) is 5.69 Å². The first-order valence-electron chi connectivity index (χ1n) is 8.08. The molecule has 6 nitrogen and oxygen atoms in total. The Morgan fingerprint density at radius 1 is 1.15 bits per heavy atom. The molecule has 0 saturated heterocycles. The summed E-state index contributed by atoms with van der Waals surface area (Å²) >= 11 is 6.43. The number of aryl methyl sites for hydroxylation is 2. The smallest absolute Gasteiger partial charge is 0.273 e. The highest BCUT2D eigenvalue weighted by Crippen LogP contribution is 2.30. The van der Waals surface area contributed by atoms with Gasteiger partial charge in [-0.2, -0.15) is 5.10 Å². The summed E-state index contributed by atoms with van der Waals surface area (Å²) in [7, 11) is 1.83. The first-order chi connectivity index (χ1) is 12.5. The molecule has 1 amide bonds. The molecule has 0 bridgehead atoms. The lowest BCUT2D eigenvalue weighted by Crippen LogP contribution is -2.16. The summed E-state index contributed by atoms with van der Waals surface area (Å²) in [4.78, 5) is 17.0. The number of nitrogens with zero attached hydrogens (tertiary/aromatic N) is 3. The SMILES string of the molecule is Cc1nc(-c2ccc(NC(=O)c3c(Cl)c4ccccc4n3C)cc2)n[nH]1. The fraction of sp³-hybridized carbons (Fsp3) is 0.105. The standard InChI is InChI=1S/C19H16ClN5O/c1-11-21-18(24-23-11)12-7-9-13(10-8-12)22-19(26)17-16(20)14-5-3-4-6-15(14)25(17)2/h3-10H,1-2H3,(H,22,26)(H,21,23,24). The van der Waals surface area contributed by atoms with Crippen LogP contribution in [-0.2, 0) is 7.05 Å². The Morgan fingerprint density at radius 2 is 1.88 bits per heavy atom. The van der Waals surface area contributed by atoms with E-state index < -0.39 is 0 Å². The molecule has 0 radical (unpaired) electrons. The highest BCUT2D eigenvalue weighted by Gasteiger charge is 2.19. The third kappa shape index (κ3) is 2.74. The van der Waals surface area contributed by atoms with Gasteiger partial charge in [0.25, 0.3) is 5.91 Å². The van der Waals surface area contributed by atoms with Crippen molar-refractivity contribution in [1.29, 1.82) is 0 Å². The number of aromatic amines is 1. The Bertz CT molecular complexity index is 1070. The van der Waals surface area contributed by atoms with Crippen molar-refractivity contribution in [3.8, 4) is 11.4 Å². The molecule has 0 atom stereocenters. The number of rotatable bonds is 3. The number of anilines is 1. The minimum absolute atomic E-state index is 0.254. The van der Waals surface area contributed by atoms with E-state index in [4.69, 9.17) is 11.6 Å². The number of hydrogen-bond donors (Lipinski definition) is 2. The largest absolute Gasteiger partial charge is 0.338 e. The summed E-state index contributed by atoms with van der Waals surface area (Å²) in [6.07, 6.45) is 0. The van der Waals surface area contributed by atoms with Gasteiger partial charge < -0.3 is 9.88 Å². The number of carbonyl (C=O) groups is 1. The molecule has 2 N–H and O–H groups in total. The van der Waals surface area contributed by atoms with Crippen molar-refractivity contribution in [2.24, 2.45) is 7.05 Å². The average Bonchev–Trinajstić information content (AvgIpc) is 3.18. The van der Waals surface area contributed by atoms with Gasteiger partial charge >= 0.3 is 0 Å². The van der Waals surface area contributed by atoms with Gasteiger partial charge in [0.2, 0.25) is 0 Å². The Hall–Kier alpha value is -3.12. The molecular formula is C19H16ClN5O. The Morgan fingerprint density at radius 3 is 2.54 bits per heavy atom. The zero-order valence-corrected chi connectivity index (χ0v) is 15.0. The van der Waals surface area contributed by atoms with Crippen LogP contribution >= 0.6 is 11.6 Å². The third-order valence-corrected chi connectivity index (χ3v) is 4.64. The number of benzene rings is 2. The lowest BCUT2D eigenvalue weighted by atomic mass is 10.2. The minimum atomic E-state index is -0.254. The molecule has 0 aliphatic carbocycles. The molecule has 130 valence electrons. The van der Waals surface area contributed by atoms with Crippen LogP contribution in [0.5, 0.6) is 0 Å². The monoisotopic (exact) mass is 365 g/mol. The Labute approximate surface area is 154 Å². The molecular weight excluding hydrogens is 350 g/mol. The van der Waals surface area contributed by atoms with Gasteiger partial charge in [0, 0.05) is 29.2 Å². The van der Waals surface area contributed by atoms with Crippen molar-refractivity contribution < 1.29 is 4.79 Å². The summed E-state index contributed by atoms with van der Waals surface area (Å²) in [6, 6.07) is 15.0. The van der Waals surface area contributed by atoms with E-state index in [0.717, 1.165) is 22.3 Å². The van der Waals surface area contributed by atoms with Gasteiger partial charge in [-0.05, 0) is 37.3 Å². The number of H-pyrrole nitrogens is 1. The van der Waals surface area contributed by atoms with Crippen LogP contribution in [0.1, 0.15) is 16.3 Å². The maximum atomic E-state index is 12.7.